The summed E-state index contributed by atoms with van der Waals surface area (Å²) in [6.45, 7) is 14.5. The first-order valence-corrected chi connectivity index (χ1v) is 25.4. The number of anilines is 5. The van der Waals surface area contributed by atoms with Gasteiger partial charge in [0.1, 0.15) is 11.2 Å². The van der Waals surface area contributed by atoms with Crippen LogP contribution >= 0.6 is 0 Å². The molecular weight excluding hydrogens is 848 g/mol. The topological polar surface area (TPSA) is 28.4 Å². The molecule has 5 aliphatic rings. The fourth-order valence-electron chi connectivity index (χ4n) is 14.3. The van der Waals surface area contributed by atoms with Crippen LogP contribution in [0.4, 0.5) is 28.4 Å². The molecule has 70 heavy (non-hydrogen) atoms. The second-order valence-electron chi connectivity index (χ2n) is 22.6. The van der Waals surface area contributed by atoms with Gasteiger partial charge in [0, 0.05) is 33.3 Å². The van der Waals surface area contributed by atoms with Gasteiger partial charge >= 0.3 is 0 Å². The highest BCUT2D eigenvalue weighted by molar-refractivity contribution is 6.74. The van der Waals surface area contributed by atoms with Crippen molar-refractivity contribution in [2.45, 2.75) is 76.0 Å². The Morgan fingerprint density at radius 3 is 1.87 bits per heavy atom. The van der Waals surface area contributed by atoms with E-state index in [1.165, 1.54) is 112 Å². The van der Waals surface area contributed by atoms with Crippen molar-refractivity contribution in [2.75, 3.05) is 10.2 Å². The van der Waals surface area contributed by atoms with Crippen LogP contribution in [-0.4, -0.2) is 7.28 Å². The Kier molecular flexibility index (Phi) is 7.84. The Balaban J connectivity index is 1.04. The third-order valence-electron chi connectivity index (χ3n) is 17.7. The zero-order valence-electron chi connectivity index (χ0n) is 40.7. The first-order chi connectivity index (χ1) is 34.0. The van der Waals surface area contributed by atoms with E-state index in [1.807, 2.05) is 0 Å². The summed E-state index contributed by atoms with van der Waals surface area (Å²) in [5.41, 5.74) is 28.5. The summed E-state index contributed by atoms with van der Waals surface area (Å²) in [7, 11) is 0.766. The Morgan fingerprint density at radius 2 is 1.10 bits per heavy atom. The second kappa shape index (κ2) is 13.6. The summed E-state index contributed by atoms with van der Waals surface area (Å²) in [5, 5.41) is 6.53. The Hall–Kier alpha value is -7.56. The summed E-state index contributed by atoms with van der Waals surface area (Å²) in [6, 6.07) is 66.8. The quantitative estimate of drug-likeness (QED) is 0.179. The molecule has 10 aromatic rings. The molecule has 0 saturated carbocycles. The molecule has 0 fully saturated rings. The van der Waals surface area contributed by atoms with E-state index in [2.05, 4.69) is 228 Å². The van der Waals surface area contributed by atoms with Crippen LogP contribution in [0, 0.1) is 0 Å². The van der Waals surface area contributed by atoms with Gasteiger partial charge in [0.2, 0.25) is 0 Å². The lowest BCUT2D eigenvalue weighted by atomic mass is 9.54. The first-order valence-electron chi connectivity index (χ1n) is 25.4. The minimum Gasteiger partial charge on any atom is -0.456 e. The maximum Gasteiger partial charge on any atom is 0.198 e. The van der Waals surface area contributed by atoms with E-state index < -0.39 is 5.41 Å². The largest absolute Gasteiger partial charge is 0.456 e. The standard InChI is InChI=1S/C66H53BN2O/c1-63(2)34-35-64(3,4)52-36-38(30-32-48(52)63)68-60-41(31-33-50-57(60)42-20-9-11-22-45(42)65(50,5)6)44-37-56-58(43-21-10-16-29-55(43)70-56)62-59(44)67-53-27-17-26-51-61(53)69(62)54-28-15-14-25-49(54)66(51)46-23-12-7-18-39(46)40-19-8-13-24-47(40)66/h7-33,36-37,67-68H,34-35H2,1-6H3. The van der Waals surface area contributed by atoms with E-state index in [1.54, 1.807) is 0 Å². The molecule has 3 aliphatic carbocycles. The van der Waals surface area contributed by atoms with Gasteiger partial charge in [-0.2, -0.15) is 0 Å². The van der Waals surface area contributed by atoms with Gasteiger partial charge < -0.3 is 14.6 Å². The van der Waals surface area contributed by atoms with Crippen molar-refractivity contribution in [1.82, 2.24) is 0 Å². The predicted molar refractivity (Wildman–Crippen MR) is 294 cm³/mol. The Bertz CT molecular complexity index is 3910. The van der Waals surface area contributed by atoms with Crippen LogP contribution in [-0.2, 0) is 21.7 Å². The van der Waals surface area contributed by atoms with E-state index in [4.69, 9.17) is 4.42 Å². The lowest BCUT2D eigenvalue weighted by molar-refractivity contribution is 0.332. The zero-order chi connectivity index (χ0) is 47.1. The molecule has 0 bridgehead atoms. The van der Waals surface area contributed by atoms with Gasteiger partial charge in [0.05, 0.1) is 27.9 Å². The average molecular weight is 901 g/mol. The van der Waals surface area contributed by atoms with Crippen LogP contribution in [0.25, 0.3) is 55.3 Å². The van der Waals surface area contributed by atoms with Gasteiger partial charge in [-0.15, -0.1) is 0 Å². The Labute approximate surface area is 411 Å². The van der Waals surface area contributed by atoms with Gasteiger partial charge in [-0.05, 0) is 126 Å². The minimum atomic E-state index is -0.492. The van der Waals surface area contributed by atoms with Crippen LogP contribution in [0.3, 0.4) is 0 Å². The van der Waals surface area contributed by atoms with Crippen molar-refractivity contribution < 1.29 is 4.42 Å². The first kappa shape index (κ1) is 40.3. The Morgan fingerprint density at radius 1 is 0.471 bits per heavy atom. The fraction of sp³-hybridized carbons (Fsp3) is 0.182. The van der Waals surface area contributed by atoms with Crippen LogP contribution < -0.4 is 21.1 Å². The molecule has 0 saturated heterocycles. The van der Waals surface area contributed by atoms with Gasteiger partial charge in [-0.3, -0.25) is 0 Å². The summed E-state index contributed by atoms with van der Waals surface area (Å²) in [5.74, 6) is 0. The molecular formula is C66H53BN2O. The number of benzene rings is 9. The van der Waals surface area contributed by atoms with Crippen molar-refractivity contribution in [3.8, 4) is 33.4 Å². The van der Waals surface area contributed by atoms with E-state index in [9.17, 15) is 0 Å². The molecule has 1 N–H and O–H groups in total. The number of rotatable bonds is 3. The number of furan rings is 1. The van der Waals surface area contributed by atoms with Gasteiger partial charge in [-0.25, -0.2) is 0 Å². The summed E-state index contributed by atoms with van der Waals surface area (Å²) in [4.78, 5) is 2.65. The molecule has 0 amide bonds. The van der Waals surface area contributed by atoms with Crippen molar-refractivity contribution in [2.24, 2.45) is 0 Å². The normalized spacial score (nSPS) is 17.1. The number of fused-ring (bicyclic) bond motifs is 19. The molecule has 9 aromatic carbocycles. The highest BCUT2D eigenvalue weighted by atomic mass is 16.3. The fourth-order valence-corrected chi connectivity index (χ4v) is 14.3. The number of hydrogen-bond donors (Lipinski definition) is 1. The van der Waals surface area contributed by atoms with Crippen molar-refractivity contribution in [3.63, 3.8) is 0 Å². The van der Waals surface area contributed by atoms with E-state index in [0.717, 1.165) is 47.0 Å². The maximum absolute atomic E-state index is 7.08. The molecule has 0 atom stereocenters. The molecule has 3 nitrogen and oxygen atoms in total. The third kappa shape index (κ3) is 5.01. The maximum atomic E-state index is 7.08. The van der Waals surface area contributed by atoms with E-state index in [-0.39, 0.29) is 16.2 Å². The summed E-state index contributed by atoms with van der Waals surface area (Å²) in [6.07, 6.45) is 2.35. The van der Waals surface area contributed by atoms with Crippen LogP contribution in [0.15, 0.2) is 180 Å². The molecule has 1 aromatic heterocycles. The van der Waals surface area contributed by atoms with E-state index >= 15 is 0 Å². The van der Waals surface area contributed by atoms with Crippen molar-refractivity contribution in [3.05, 3.63) is 220 Å². The minimum absolute atomic E-state index is 0.0716. The average Bonchev–Trinajstić information content (AvgIpc) is 3.98. The summed E-state index contributed by atoms with van der Waals surface area (Å²) < 4.78 is 7.08. The SMILES string of the molecule is CC1(C)CCC(C)(C)c2cc(Nc3c(-c4cc5oc6ccccc6c5c5c4Bc4cccc6c4N5c4ccccc4C64c5ccccc5-c5ccccc54)ccc4c3-c3ccccc3C4(C)C)ccc21. The van der Waals surface area contributed by atoms with Crippen LogP contribution in [0.5, 0.6) is 0 Å². The molecule has 0 radical (unpaired) electrons. The zero-order valence-corrected chi connectivity index (χ0v) is 40.7. The second-order valence-corrected chi connectivity index (χ2v) is 22.6. The smallest absolute Gasteiger partial charge is 0.198 e. The van der Waals surface area contributed by atoms with Crippen molar-refractivity contribution in [1.29, 1.82) is 0 Å². The number of hydrogen-bond acceptors (Lipinski definition) is 3. The van der Waals surface area contributed by atoms with Crippen molar-refractivity contribution >= 4 is 68.6 Å². The molecule has 4 heteroatoms. The van der Waals surface area contributed by atoms with Crippen LogP contribution in [0.1, 0.15) is 98.9 Å². The number of nitrogens with zero attached hydrogens (tertiary/aromatic N) is 1. The highest BCUT2D eigenvalue weighted by Crippen LogP contribution is 2.64. The summed E-state index contributed by atoms with van der Waals surface area (Å²) >= 11 is 0. The van der Waals surface area contributed by atoms with Gasteiger partial charge in [0.25, 0.3) is 0 Å². The van der Waals surface area contributed by atoms with Gasteiger partial charge in [0.15, 0.2) is 7.28 Å². The monoisotopic (exact) mass is 900 g/mol. The van der Waals surface area contributed by atoms with Crippen LogP contribution in [0.2, 0.25) is 0 Å². The van der Waals surface area contributed by atoms with E-state index in [0.29, 0.717) is 0 Å². The molecule has 2 aliphatic heterocycles. The molecule has 15 rings (SSSR count). The lowest BCUT2D eigenvalue weighted by Crippen LogP contribution is -2.47. The lowest BCUT2D eigenvalue weighted by Gasteiger charge is -2.48. The molecule has 0 unspecified atom stereocenters. The number of para-hydroxylation sites is 3. The van der Waals surface area contributed by atoms with Gasteiger partial charge in [-0.1, -0.05) is 193 Å². The molecule has 3 heterocycles. The predicted octanol–water partition coefficient (Wildman–Crippen LogP) is 15.5. The molecule has 1 spiro atoms. The highest BCUT2D eigenvalue weighted by Gasteiger charge is 2.53. The third-order valence-corrected chi connectivity index (χ3v) is 17.7. The molecule has 336 valence electrons. The number of nitrogens with one attached hydrogen (secondary N) is 1.